The van der Waals surface area contributed by atoms with Crippen molar-refractivity contribution in [1.29, 1.82) is 0 Å². The first-order chi connectivity index (χ1) is 8.77. The maximum atomic E-state index is 11.9. The zero-order valence-corrected chi connectivity index (χ0v) is 12.5. The Balaban J connectivity index is 3.02. The lowest BCUT2D eigenvalue weighted by Gasteiger charge is -2.11. The van der Waals surface area contributed by atoms with Crippen LogP contribution in [0, 0.1) is 5.92 Å². The molecule has 1 atom stereocenters. The number of hydrogen-bond acceptors (Lipinski definition) is 4. The van der Waals surface area contributed by atoms with E-state index in [9.17, 15) is 13.2 Å². The van der Waals surface area contributed by atoms with Gasteiger partial charge in [0.25, 0.3) is 0 Å². The summed E-state index contributed by atoms with van der Waals surface area (Å²) in [5.41, 5.74) is -0.127. The zero-order valence-electron chi connectivity index (χ0n) is 10.1. The van der Waals surface area contributed by atoms with E-state index in [0.717, 1.165) is 6.07 Å². The first-order valence-corrected chi connectivity index (χ1v) is 7.69. The number of carboxylic acid groups (broad SMARTS) is 1. The minimum Gasteiger partial charge on any atom is -0.478 e. The van der Waals surface area contributed by atoms with Crippen LogP contribution in [0.1, 0.15) is 17.3 Å². The minimum absolute atomic E-state index is 0.0807. The van der Waals surface area contributed by atoms with Crippen molar-refractivity contribution in [1.82, 2.24) is 4.72 Å². The van der Waals surface area contributed by atoms with Gasteiger partial charge in [-0.05, 0) is 40.0 Å². The van der Waals surface area contributed by atoms with Crippen LogP contribution in [0.4, 0.5) is 0 Å². The molecule has 0 spiro atoms. The van der Waals surface area contributed by atoms with E-state index in [-0.39, 0.29) is 29.5 Å². The Hall–Kier alpha value is -0.960. The lowest BCUT2D eigenvalue weighted by molar-refractivity contribution is 0.0695. The second kappa shape index (κ2) is 6.47. The normalized spacial score (nSPS) is 13.2. The smallest absolute Gasteiger partial charge is 0.336 e. The Bertz CT molecular complexity index is 572. The van der Waals surface area contributed by atoms with Crippen LogP contribution < -0.4 is 4.72 Å². The Morgan fingerprint density at radius 1 is 1.47 bits per heavy atom. The van der Waals surface area contributed by atoms with E-state index in [1.165, 1.54) is 12.1 Å². The van der Waals surface area contributed by atoms with Crippen LogP contribution in [0.25, 0.3) is 0 Å². The summed E-state index contributed by atoms with van der Waals surface area (Å²) in [6.45, 7) is 1.63. The van der Waals surface area contributed by atoms with Gasteiger partial charge in [0.15, 0.2) is 0 Å². The highest BCUT2D eigenvalue weighted by Gasteiger charge is 2.18. The third kappa shape index (κ3) is 4.27. The first-order valence-electron chi connectivity index (χ1n) is 5.41. The number of aromatic carboxylic acids is 1. The van der Waals surface area contributed by atoms with E-state index in [0.29, 0.717) is 4.47 Å². The number of carboxylic acids is 1. The highest BCUT2D eigenvalue weighted by molar-refractivity contribution is 9.10. The highest BCUT2D eigenvalue weighted by Crippen LogP contribution is 2.21. The molecule has 6 nitrogen and oxygen atoms in total. The number of rotatable bonds is 6. The molecule has 1 aromatic carbocycles. The van der Waals surface area contributed by atoms with Crippen LogP contribution in [-0.4, -0.2) is 37.8 Å². The quantitative estimate of drug-likeness (QED) is 0.710. The number of aliphatic hydroxyl groups excluding tert-OH is 1. The number of benzene rings is 1. The van der Waals surface area contributed by atoms with E-state index >= 15 is 0 Å². The fourth-order valence-electron chi connectivity index (χ4n) is 1.24. The average Bonchev–Trinajstić information content (AvgIpc) is 2.35. The van der Waals surface area contributed by atoms with Crippen LogP contribution in [-0.2, 0) is 10.0 Å². The Morgan fingerprint density at radius 2 is 2.11 bits per heavy atom. The van der Waals surface area contributed by atoms with E-state index < -0.39 is 16.0 Å². The van der Waals surface area contributed by atoms with Crippen molar-refractivity contribution in [2.75, 3.05) is 13.2 Å². The molecule has 1 aromatic rings. The van der Waals surface area contributed by atoms with Gasteiger partial charge in [-0.3, -0.25) is 0 Å². The predicted molar refractivity (Wildman–Crippen MR) is 72.5 cm³/mol. The SMILES string of the molecule is CC(CO)CNS(=O)(=O)c1ccc(Br)c(C(=O)O)c1. The third-order valence-electron chi connectivity index (χ3n) is 2.41. The molecule has 0 fully saturated rings. The van der Waals surface area contributed by atoms with Crippen LogP contribution in [0.2, 0.25) is 0 Å². The van der Waals surface area contributed by atoms with Gasteiger partial charge in [0.1, 0.15) is 0 Å². The van der Waals surface area contributed by atoms with Crippen molar-refractivity contribution in [3.63, 3.8) is 0 Å². The lowest BCUT2D eigenvalue weighted by atomic mass is 10.2. The average molecular weight is 352 g/mol. The number of sulfonamides is 1. The molecule has 106 valence electrons. The summed E-state index contributed by atoms with van der Waals surface area (Å²) in [7, 11) is -3.78. The van der Waals surface area contributed by atoms with E-state index in [1.807, 2.05) is 0 Å². The van der Waals surface area contributed by atoms with Crippen molar-refractivity contribution in [3.8, 4) is 0 Å². The minimum atomic E-state index is -3.78. The van der Waals surface area contributed by atoms with Crippen molar-refractivity contribution in [3.05, 3.63) is 28.2 Å². The molecule has 0 amide bonds. The van der Waals surface area contributed by atoms with Gasteiger partial charge in [-0.2, -0.15) is 0 Å². The molecule has 1 rings (SSSR count). The second-order valence-electron chi connectivity index (χ2n) is 4.09. The van der Waals surface area contributed by atoms with Crippen LogP contribution in [0.3, 0.4) is 0 Å². The summed E-state index contributed by atoms with van der Waals surface area (Å²) >= 11 is 3.04. The summed E-state index contributed by atoms with van der Waals surface area (Å²) < 4.78 is 26.5. The maximum Gasteiger partial charge on any atom is 0.336 e. The van der Waals surface area contributed by atoms with Gasteiger partial charge in [0.2, 0.25) is 10.0 Å². The third-order valence-corrected chi connectivity index (χ3v) is 4.52. The predicted octanol–water partition coefficient (Wildman–Crippen LogP) is 1.05. The number of nitrogens with one attached hydrogen (secondary N) is 1. The number of halogens is 1. The van der Waals surface area contributed by atoms with Crippen LogP contribution in [0.15, 0.2) is 27.6 Å². The summed E-state index contributed by atoms with van der Waals surface area (Å²) in [5, 5.41) is 17.8. The molecule has 8 heteroatoms. The second-order valence-corrected chi connectivity index (χ2v) is 6.71. The van der Waals surface area contributed by atoms with Crippen molar-refractivity contribution in [2.24, 2.45) is 5.92 Å². The standard InChI is InChI=1S/C11H14BrNO5S/c1-7(6-14)5-13-19(17,18)8-2-3-10(12)9(4-8)11(15)16/h2-4,7,13-14H,5-6H2,1H3,(H,15,16). The summed E-state index contributed by atoms with van der Waals surface area (Å²) in [4.78, 5) is 10.8. The van der Waals surface area contributed by atoms with E-state index in [4.69, 9.17) is 10.2 Å². The molecule has 0 aliphatic carbocycles. The largest absolute Gasteiger partial charge is 0.478 e. The maximum absolute atomic E-state index is 11.9. The van der Waals surface area contributed by atoms with Gasteiger partial charge < -0.3 is 10.2 Å². The van der Waals surface area contributed by atoms with Gasteiger partial charge >= 0.3 is 5.97 Å². The Morgan fingerprint density at radius 3 is 2.63 bits per heavy atom. The Kier molecular flexibility index (Phi) is 5.48. The van der Waals surface area contributed by atoms with Crippen molar-refractivity contribution in [2.45, 2.75) is 11.8 Å². The highest BCUT2D eigenvalue weighted by atomic mass is 79.9. The van der Waals surface area contributed by atoms with Gasteiger partial charge in [0, 0.05) is 17.6 Å². The molecule has 0 saturated heterocycles. The number of carbonyl (C=O) groups is 1. The summed E-state index contributed by atoms with van der Waals surface area (Å²) in [5.74, 6) is -1.43. The zero-order chi connectivity index (χ0) is 14.6. The molecular formula is C11H14BrNO5S. The number of hydrogen-bond donors (Lipinski definition) is 3. The number of aliphatic hydroxyl groups is 1. The van der Waals surface area contributed by atoms with Gasteiger partial charge in [-0.15, -0.1) is 0 Å². The van der Waals surface area contributed by atoms with Gasteiger partial charge in [-0.25, -0.2) is 17.9 Å². The molecule has 0 bridgehead atoms. The monoisotopic (exact) mass is 351 g/mol. The van der Waals surface area contributed by atoms with Crippen molar-refractivity contribution >= 4 is 31.9 Å². The summed E-state index contributed by atoms with van der Waals surface area (Å²) in [6, 6.07) is 3.76. The molecule has 3 N–H and O–H groups in total. The Labute approximate surface area is 119 Å². The molecule has 1 unspecified atom stereocenters. The molecule has 0 heterocycles. The fraction of sp³-hybridized carbons (Fsp3) is 0.364. The molecule has 0 aliphatic heterocycles. The molecule has 0 aromatic heterocycles. The molecule has 0 saturated carbocycles. The van der Waals surface area contributed by atoms with Crippen molar-refractivity contribution < 1.29 is 23.4 Å². The molecular weight excluding hydrogens is 338 g/mol. The van der Waals surface area contributed by atoms with Gasteiger partial charge in [0.05, 0.1) is 10.5 Å². The fourth-order valence-corrected chi connectivity index (χ4v) is 2.84. The molecule has 0 radical (unpaired) electrons. The first kappa shape index (κ1) is 16.1. The molecule has 0 aliphatic rings. The van der Waals surface area contributed by atoms with Crippen LogP contribution >= 0.6 is 15.9 Å². The topological polar surface area (TPSA) is 104 Å². The van der Waals surface area contributed by atoms with E-state index in [1.54, 1.807) is 6.92 Å². The van der Waals surface area contributed by atoms with Crippen LogP contribution in [0.5, 0.6) is 0 Å². The lowest BCUT2D eigenvalue weighted by Crippen LogP contribution is -2.29. The molecule has 19 heavy (non-hydrogen) atoms. The van der Waals surface area contributed by atoms with Gasteiger partial charge in [-0.1, -0.05) is 6.92 Å². The van der Waals surface area contributed by atoms with E-state index in [2.05, 4.69) is 20.7 Å². The summed E-state index contributed by atoms with van der Waals surface area (Å²) in [6.07, 6.45) is 0.